The Morgan fingerprint density at radius 2 is 2.39 bits per heavy atom. The van der Waals surface area contributed by atoms with Crippen LogP contribution >= 0.6 is 12.2 Å². The molecule has 3 nitrogen and oxygen atoms in total. The third-order valence-electron chi connectivity index (χ3n) is 3.49. The predicted molar refractivity (Wildman–Crippen MR) is 76.3 cm³/mol. The van der Waals surface area contributed by atoms with Gasteiger partial charge in [0.25, 0.3) is 0 Å². The van der Waals surface area contributed by atoms with Gasteiger partial charge in [-0.05, 0) is 24.8 Å². The molecular weight excluding hydrogens is 244 g/mol. The van der Waals surface area contributed by atoms with Gasteiger partial charge in [0.15, 0.2) is 0 Å². The van der Waals surface area contributed by atoms with Crippen molar-refractivity contribution in [3.63, 3.8) is 0 Å². The molecule has 98 valence electrons. The van der Waals surface area contributed by atoms with E-state index < -0.39 is 0 Å². The summed E-state index contributed by atoms with van der Waals surface area (Å²) in [7, 11) is 0. The molecule has 0 aromatic carbocycles. The van der Waals surface area contributed by atoms with Gasteiger partial charge in [-0.3, -0.25) is 4.98 Å². The molecule has 1 aromatic rings. The van der Waals surface area contributed by atoms with Crippen LogP contribution in [0.4, 0.5) is 0 Å². The Labute approximate surface area is 114 Å². The molecule has 1 aromatic heterocycles. The number of nitrogens with two attached hydrogens (primary N) is 1. The van der Waals surface area contributed by atoms with Crippen LogP contribution in [0.2, 0.25) is 0 Å². The van der Waals surface area contributed by atoms with Gasteiger partial charge in [0, 0.05) is 11.8 Å². The average molecular weight is 264 g/mol. The largest absolute Gasteiger partial charge is 0.388 e. The van der Waals surface area contributed by atoms with Gasteiger partial charge < -0.3 is 10.5 Å². The van der Waals surface area contributed by atoms with Gasteiger partial charge in [-0.25, -0.2) is 0 Å². The molecular formula is C14H20N2OS. The molecule has 1 saturated carbocycles. The van der Waals surface area contributed by atoms with Crippen molar-refractivity contribution < 1.29 is 4.74 Å². The van der Waals surface area contributed by atoms with Crippen LogP contribution < -0.4 is 5.73 Å². The first-order chi connectivity index (χ1) is 8.66. The maximum absolute atomic E-state index is 5.98. The first-order valence-corrected chi connectivity index (χ1v) is 6.93. The Morgan fingerprint density at radius 1 is 1.56 bits per heavy atom. The van der Waals surface area contributed by atoms with Crippen molar-refractivity contribution in [1.29, 1.82) is 0 Å². The Balaban J connectivity index is 1.95. The zero-order valence-corrected chi connectivity index (χ0v) is 11.6. The van der Waals surface area contributed by atoms with Crippen molar-refractivity contribution in [3.05, 3.63) is 29.6 Å². The highest BCUT2D eigenvalue weighted by molar-refractivity contribution is 7.80. The summed E-state index contributed by atoms with van der Waals surface area (Å²) in [6, 6.07) is 3.87. The van der Waals surface area contributed by atoms with Crippen LogP contribution in [0.15, 0.2) is 18.3 Å². The lowest BCUT2D eigenvalue weighted by Crippen LogP contribution is -2.22. The Morgan fingerprint density at radius 3 is 3.11 bits per heavy atom. The summed E-state index contributed by atoms with van der Waals surface area (Å²) in [4.78, 5) is 4.55. The number of hydrogen-bond acceptors (Lipinski definition) is 3. The maximum Gasteiger partial charge on any atom is 0.123 e. The van der Waals surface area contributed by atoms with Crippen molar-refractivity contribution in [2.24, 2.45) is 11.7 Å². The van der Waals surface area contributed by atoms with Crippen LogP contribution in [0, 0.1) is 5.92 Å². The van der Waals surface area contributed by atoms with Crippen molar-refractivity contribution >= 4 is 17.2 Å². The molecule has 0 radical (unpaired) electrons. The quantitative estimate of drug-likeness (QED) is 0.850. The fourth-order valence-electron chi connectivity index (χ4n) is 2.51. The Bertz CT molecular complexity index is 422. The molecule has 1 aliphatic carbocycles. The summed E-state index contributed by atoms with van der Waals surface area (Å²) < 4.78 is 5.98. The highest BCUT2D eigenvalue weighted by atomic mass is 32.1. The van der Waals surface area contributed by atoms with E-state index in [-0.39, 0.29) is 0 Å². The van der Waals surface area contributed by atoms with Gasteiger partial charge in [-0.2, -0.15) is 0 Å². The fourth-order valence-corrected chi connectivity index (χ4v) is 2.70. The lowest BCUT2D eigenvalue weighted by molar-refractivity contribution is 0.00451. The van der Waals surface area contributed by atoms with Crippen LogP contribution in [-0.4, -0.2) is 16.1 Å². The van der Waals surface area contributed by atoms with Crippen molar-refractivity contribution in [1.82, 2.24) is 4.98 Å². The van der Waals surface area contributed by atoms with Crippen molar-refractivity contribution in [3.8, 4) is 0 Å². The van der Waals surface area contributed by atoms with E-state index in [1.54, 1.807) is 6.20 Å². The number of aromatic nitrogens is 1. The Hall–Kier alpha value is -1.00. The van der Waals surface area contributed by atoms with Crippen LogP contribution in [0.25, 0.3) is 0 Å². The SMILES string of the molecule is CC1CCCC(OCc2cccnc2C(N)=S)C1. The van der Waals surface area contributed by atoms with E-state index in [4.69, 9.17) is 22.7 Å². The summed E-state index contributed by atoms with van der Waals surface area (Å²) in [6.45, 7) is 2.85. The first kappa shape index (κ1) is 13.4. The molecule has 0 bridgehead atoms. The van der Waals surface area contributed by atoms with Gasteiger partial charge in [0.2, 0.25) is 0 Å². The molecule has 2 N–H and O–H groups in total. The Kier molecular flexibility index (Phi) is 4.66. The van der Waals surface area contributed by atoms with Crippen molar-refractivity contribution in [2.75, 3.05) is 0 Å². The van der Waals surface area contributed by atoms with Gasteiger partial charge in [0.1, 0.15) is 10.7 Å². The second-order valence-corrected chi connectivity index (χ2v) is 5.52. The van der Waals surface area contributed by atoms with E-state index in [1.807, 2.05) is 12.1 Å². The normalized spacial score (nSPS) is 23.8. The van der Waals surface area contributed by atoms with E-state index in [0.29, 0.717) is 23.4 Å². The molecule has 18 heavy (non-hydrogen) atoms. The minimum Gasteiger partial charge on any atom is -0.388 e. The maximum atomic E-state index is 5.98. The topological polar surface area (TPSA) is 48.1 Å². The zero-order chi connectivity index (χ0) is 13.0. The summed E-state index contributed by atoms with van der Waals surface area (Å²) >= 11 is 5.00. The summed E-state index contributed by atoms with van der Waals surface area (Å²) in [6.07, 6.45) is 6.98. The summed E-state index contributed by atoms with van der Waals surface area (Å²) in [5, 5.41) is 0. The van der Waals surface area contributed by atoms with Crippen molar-refractivity contribution in [2.45, 2.75) is 45.3 Å². The van der Waals surface area contributed by atoms with E-state index in [9.17, 15) is 0 Å². The van der Waals surface area contributed by atoms with E-state index in [2.05, 4.69) is 11.9 Å². The lowest BCUT2D eigenvalue weighted by Gasteiger charge is -2.27. The molecule has 0 aliphatic heterocycles. The van der Waals surface area contributed by atoms with Gasteiger partial charge in [0.05, 0.1) is 12.7 Å². The van der Waals surface area contributed by atoms with E-state index in [1.165, 1.54) is 12.8 Å². The minimum absolute atomic E-state index is 0.339. The standard InChI is InChI=1S/C14H20N2OS/c1-10-4-2-6-12(8-10)17-9-11-5-3-7-16-13(11)14(15)18/h3,5,7,10,12H,2,4,6,8-9H2,1H3,(H2,15,18). The molecule has 2 atom stereocenters. The van der Waals surface area contributed by atoms with Gasteiger partial charge in [-0.15, -0.1) is 0 Å². The second kappa shape index (κ2) is 6.25. The van der Waals surface area contributed by atoms with E-state index >= 15 is 0 Å². The molecule has 1 aliphatic rings. The summed E-state index contributed by atoms with van der Waals surface area (Å²) in [5.41, 5.74) is 7.34. The molecule has 2 unspecified atom stereocenters. The monoisotopic (exact) mass is 264 g/mol. The number of hydrogen-bond donors (Lipinski definition) is 1. The average Bonchev–Trinajstić information content (AvgIpc) is 2.37. The van der Waals surface area contributed by atoms with Crippen LogP contribution in [-0.2, 0) is 11.3 Å². The smallest absolute Gasteiger partial charge is 0.123 e. The second-order valence-electron chi connectivity index (χ2n) is 5.08. The summed E-state index contributed by atoms with van der Waals surface area (Å²) in [5.74, 6) is 0.771. The molecule has 1 heterocycles. The van der Waals surface area contributed by atoms with Crippen LogP contribution in [0.3, 0.4) is 0 Å². The highest BCUT2D eigenvalue weighted by Gasteiger charge is 2.19. The molecule has 0 spiro atoms. The minimum atomic E-state index is 0.339. The zero-order valence-electron chi connectivity index (χ0n) is 10.8. The number of ether oxygens (including phenoxy) is 1. The third kappa shape index (κ3) is 3.50. The van der Waals surface area contributed by atoms with Crippen LogP contribution in [0.1, 0.15) is 43.9 Å². The molecule has 2 rings (SSSR count). The molecule has 0 amide bonds. The third-order valence-corrected chi connectivity index (χ3v) is 3.68. The van der Waals surface area contributed by atoms with Crippen LogP contribution in [0.5, 0.6) is 0 Å². The first-order valence-electron chi connectivity index (χ1n) is 6.52. The number of nitrogens with zero attached hydrogens (tertiary/aromatic N) is 1. The number of thiocarbonyl (C=S) groups is 1. The van der Waals surface area contributed by atoms with Gasteiger partial charge >= 0.3 is 0 Å². The highest BCUT2D eigenvalue weighted by Crippen LogP contribution is 2.26. The number of pyridine rings is 1. The number of rotatable bonds is 4. The van der Waals surface area contributed by atoms with E-state index in [0.717, 1.165) is 24.3 Å². The fraction of sp³-hybridized carbons (Fsp3) is 0.571. The molecule has 0 saturated heterocycles. The lowest BCUT2D eigenvalue weighted by atomic mass is 9.89. The molecule has 4 heteroatoms. The van der Waals surface area contributed by atoms with Gasteiger partial charge in [-0.1, -0.05) is 38.0 Å². The predicted octanol–water partition coefficient (Wildman–Crippen LogP) is 2.81. The molecule has 1 fully saturated rings.